The first-order chi connectivity index (χ1) is 7.63. The van der Waals surface area contributed by atoms with Gasteiger partial charge >= 0.3 is 0 Å². The van der Waals surface area contributed by atoms with E-state index in [2.05, 4.69) is 17.6 Å². The summed E-state index contributed by atoms with van der Waals surface area (Å²) >= 11 is 9.98. The average Bonchev–Trinajstić information content (AvgIpc) is 2.72. The molecule has 3 N–H and O–H groups in total. The number of nitrogens with one attached hydrogen (secondary N) is 1. The Morgan fingerprint density at radius 1 is 1.38 bits per heavy atom. The van der Waals surface area contributed by atoms with Gasteiger partial charge < -0.3 is 15.2 Å². The van der Waals surface area contributed by atoms with E-state index < -0.39 is 12.2 Å². The van der Waals surface area contributed by atoms with E-state index in [-0.39, 0.29) is 5.75 Å². The van der Waals surface area contributed by atoms with E-state index >= 15 is 0 Å². The van der Waals surface area contributed by atoms with Crippen LogP contribution in [0.1, 0.15) is 11.7 Å². The minimum atomic E-state index is -1.01. The third-order valence-corrected chi connectivity index (χ3v) is 3.24. The Morgan fingerprint density at radius 2 is 2.12 bits per heavy atom. The fourth-order valence-corrected chi connectivity index (χ4v) is 2.10. The van der Waals surface area contributed by atoms with Crippen molar-refractivity contribution >= 4 is 35.1 Å². The highest BCUT2D eigenvalue weighted by molar-refractivity contribution is 7.80. The Balaban J connectivity index is 2.46. The van der Waals surface area contributed by atoms with E-state index in [9.17, 15) is 10.2 Å². The van der Waals surface area contributed by atoms with E-state index in [1.165, 1.54) is 0 Å². The van der Waals surface area contributed by atoms with Crippen molar-refractivity contribution in [2.45, 2.75) is 12.2 Å². The second kappa shape index (κ2) is 4.67. The second-order valence-electron chi connectivity index (χ2n) is 3.63. The number of benzene rings is 1. The predicted molar refractivity (Wildman–Crippen MR) is 68.1 cm³/mol. The molecule has 1 heterocycles. The Labute approximate surface area is 103 Å². The summed E-state index contributed by atoms with van der Waals surface area (Å²) in [5.74, 6) is 0.183. The second-order valence-corrected chi connectivity index (χ2v) is 4.41. The monoisotopic (exact) mass is 257 g/mol. The number of aromatic nitrogens is 1. The largest absolute Gasteiger partial charge is 0.389 e. The molecule has 16 heavy (non-hydrogen) atoms. The molecule has 2 atom stereocenters. The van der Waals surface area contributed by atoms with Crippen molar-refractivity contribution < 1.29 is 10.2 Å². The highest BCUT2D eigenvalue weighted by Gasteiger charge is 2.20. The first kappa shape index (κ1) is 11.8. The molecule has 0 spiro atoms. The van der Waals surface area contributed by atoms with E-state index in [4.69, 9.17) is 11.6 Å². The summed E-state index contributed by atoms with van der Waals surface area (Å²) in [6, 6.07) is 5.39. The van der Waals surface area contributed by atoms with Gasteiger partial charge in [0.1, 0.15) is 6.10 Å². The molecule has 0 radical (unpaired) electrons. The van der Waals surface area contributed by atoms with Crippen LogP contribution in [-0.2, 0) is 0 Å². The fourth-order valence-electron chi connectivity index (χ4n) is 1.63. The van der Waals surface area contributed by atoms with Crippen molar-refractivity contribution in [2.24, 2.45) is 0 Å². The van der Waals surface area contributed by atoms with Gasteiger partial charge in [-0.25, -0.2) is 0 Å². The van der Waals surface area contributed by atoms with Crippen LogP contribution in [0, 0.1) is 0 Å². The number of hydrogen-bond acceptors (Lipinski definition) is 3. The van der Waals surface area contributed by atoms with Crippen molar-refractivity contribution in [3.63, 3.8) is 0 Å². The smallest absolute Gasteiger partial charge is 0.107 e. The fraction of sp³-hybridized carbons (Fsp3) is 0.273. The van der Waals surface area contributed by atoms with Crippen LogP contribution in [0.2, 0.25) is 5.02 Å². The lowest BCUT2D eigenvalue weighted by Crippen LogP contribution is -2.20. The Hall–Kier alpha value is -0.680. The van der Waals surface area contributed by atoms with E-state index in [0.717, 1.165) is 10.9 Å². The standard InChI is InChI=1S/C11H12ClNO2S/c12-8-4-9-6(1-2-13-9)3-7(8)11(15)10(14)5-16/h1-4,10-11,13-16H,5H2. The molecule has 5 heteroatoms. The number of aliphatic hydroxyl groups is 2. The summed E-state index contributed by atoms with van der Waals surface area (Å²) in [6.07, 6.45) is -0.131. The topological polar surface area (TPSA) is 56.2 Å². The van der Waals surface area contributed by atoms with Crippen LogP contribution >= 0.6 is 24.2 Å². The molecule has 0 aliphatic carbocycles. The summed E-state index contributed by atoms with van der Waals surface area (Å²) in [6.45, 7) is 0. The lowest BCUT2D eigenvalue weighted by atomic mass is 10.0. The molecule has 0 saturated heterocycles. The third-order valence-electron chi connectivity index (χ3n) is 2.54. The van der Waals surface area contributed by atoms with Gasteiger partial charge in [0.25, 0.3) is 0 Å². The van der Waals surface area contributed by atoms with E-state index in [1.807, 2.05) is 6.07 Å². The molecule has 0 aliphatic rings. The van der Waals surface area contributed by atoms with Crippen molar-refractivity contribution in [2.75, 3.05) is 5.75 Å². The summed E-state index contributed by atoms with van der Waals surface area (Å²) in [7, 11) is 0. The number of thiol groups is 1. The Morgan fingerprint density at radius 3 is 2.81 bits per heavy atom. The van der Waals surface area contributed by atoms with Crippen LogP contribution in [-0.4, -0.2) is 27.1 Å². The summed E-state index contributed by atoms with van der Waals surface area (Å²) < 4.78 is 0. The van der Waals surface area contributed by atoms with Gasteiger partial charge in [0, 0.05) is 28.1 Å². The molecule has 1 aromatic carbocycles. The molecule has 2 rings (SSSR count). The number of rotatable bonds is 3. The zero-order chi connectivity index (χ0) is 11.7. The quantitative estimate of drug-likeness (QED) is 0.637. The maximum absolute atomic E-state index is 9.87. The maximum Gasteiger partial charge on any atom is 0.107 e. The molecule has 0 bridgehead atoms. The van der Waals surface area contributed by atoms with Crippen molar-refractivity contribution in [3.8, 4) is 0 Å². The van der Waals surface area contributed by atoms with Crippen LogP contribution in [0.4, 0.5) is 0 Å². The van der Waals surface area contributed by atoms with Crippen LogP contribution in [0.5, 0.6) is 0 Å². The molecule has 0 saturated carbocycles. The first-order valence-corrected chi connectivity index (χ1v) is 5.88. The van der Waals surface area contributed by atoms with E-state index in [0.29, 0.717) is 10.6 Å². The third kappa shape index (κ3) is 2.06. The molecule has 3 nitrogen and oxygen atoms in total. The maximum atomic E-state index is 9.87. The highest BCUT2D eigenvalue weighted by atomic mass is 35.5. The first-order valence-electron chi connectivity index (χ1n) is 4.87. The molecule has 2 unspecified atom stereocenters. The van der Waals surface area contributed by atoms with Crippen molar-refractivity contribution in [3.05, 3.63) is 35.0 Å². The van der Waals surface area contributed by atoms with Gasteiger partial charge in [-0.1, -0.05) is 11.6 Å². The minimum absolute atomic E-state index is 0.183. The lowest BCUT2D eigenvalue weighted by molar-refractivity contribution is 0.0339. The molecular weight excluding hydrogens is 246 g/mol. The van der Waals surface area contributed by atoms with E-state index in [1.54, 1.807) is 18.3 Å². The number of aromatic amines is 1. The molecule has 86 valence electrons. The molecular formula is C11H12ClNO2S. The summed E-state index contributed by atoms with van der Waals surface area (Å²) in [5, 5.41) is 20.8. The van der Waals surface area contributed by atoms with Crippen LogP contribution in [0.15, 0.2) is 24.4 Å². The zero-order valence-electron chi connectivity index (χ0n) is 8.39. The Kier molecular flexibility index (Phi) is 3.44. The lowest BCUT2D eigenvalue weighted by Gasteiger charge is -2.17. The van der Waals surface area contributed by atoms with Crippen LogP contribution in [0.25, 0.3) is 10.9 Å². The number of H-pyrrole nitrogens is 1. The van der Waals surface area contributed by atoms with Gasteiger partial charge in [0.2, 0.25) is 0 Å². The highest BCUT2D eigenvalue weighted by Crippen LogP contribution is 2.29. The van der Waals surface area contributed by atoms with Crippen molar-refractivity contribution in [1.82, 2.24) is 4.98 Å². The van der Waals surface area contributed by atoms with Gasteiger partial charge in [-0.2, -0.15) is 12.6 Å². The van der Waals surface area contributed by atoms with Gasteiger partial charge in [-0.15, -0.1) is 0 Å². The number of aliphatic hydroxyl groups excluding tert-OH is 2. The zero-order valence-corrected chi connectivity index (χ0v) is 10.0. The summed E-state index contributed by atoms with van der Waals surface area (Å²) in [4.78, 5) is 3.03. The molecule has 0 aliphatic heterocycles. The van der Waals surface area contributed by atoms with Gasteiger partial charge in [-0.05, 0) is 23.6 Å². The molecule has 0 fully saturated rings. The normalized spacial score (nSPS) is 15.2. The average molecular weight is 258 g/mol. The molecule has 2 aromatic rings. The van der Waals surface area contributed by atoms with Crippen LogP contribution in [0.3, 0.4) is 0 Å². The molecule has 0 amide bonds. The SMILES string of the molecule is OC(CS)C(O)c1cc2cc[nH]c2cc1Cl. The van der Waals surface area contributed by atoms with Gasteiger partial charge in [-0.3, -0.25) is 0 Å². The summed E-state index contributed by atoms with van der Waals surface area (Å²) in [5.41, 5.74) is 1.43. The number of halogens is 1. The predicted octanol–water partition coefficient (Wildman–Crippen LogP) is 2.15. The van der Waals surface area contributed by atoms with Gasteiger partial charge in [0.15, 0.2) is 0 Å². The molecule has 1 aromatic heterocycles. The van der Waals surface area contributed by atoms with Gasteiger partial charge in [0.05, 0.1) is 6.10 Å². The Bertz CT molecular complexity index is 500. The number of hydrogen-bond donors (Lipinski definition) is 4. The minimum Gasteiger partial charge on any atom is -0.389 e. The van der Waals surface area contributed by atoms with Crippen molar-refractivity contribution in [1.29, 1.82) is 0 Å². The van der Waals surface area contributed by atoms with Crippen LogP contribution < -0.4 is 0 Å². The number of fused-ring (bicyclic) bond motifs is 1.